The molecule has 174 valence electrons. The summed E-state index contributed by atoms with van der Waals surface area (Å²) in [5.41, 5.74) is 1.95. The molecule has 2 amide bonds. The number of amides is 2. The summed E-state index contributed by atoms with van der Waals surface area (Å²) in [4.78, 5) is 22.7. The van der Waals surface area contributed by atoms with Crippen molar-refractivity contribution >= 4 is 51.7 Å². The average Bonchev–Trinajstić information content (AvgIpc) is 3.30. The number of nitrogens with one attached hydrogen (secondary N) is 2. The molecular formula is C23H27ClN6OS2. The monoisotopic (exact) mass is 502 g/mol. The van der Waals surface area contributed by atoms with Crippen LogP contribution in [0.3, 0.4) is 0 Å². The highest BCUT2D eigenvalue weighted by atomic mass is 35.5. The molecule has 33 heavy (non-hydrogen) atoms. The summed E-state index contributed by atoms with van der Waals surface area (Å²) < 4.78 is 4.53. The van der Waals surface area contributed by atoms with Gasteiger partial charge in [-0.2, -0.15) is 4.37 Å². The van der Waals surface area contributed by atoms with Crippen LogP contribution < -0.4 is 15.5 Å². The van der Waals surface area contributed by atoms with Crippen LogP contribution in [0.15, 0.2) is 53.4 Å². The van der Waals surface area contributed by atoms with Gasteiger partial charge in [-0.25, -0.2) is 9.78 Å². The van der Waals surface area contributed by atoms with E-state index in [4.69, 9.17) is 16.6 Å². The highest BCUT2D eigenvalue weighted by molar-refractivity contribution is 7.98. The molecule has 0 unspecified atom stereocenters. The summed E-state index contributed by atoms with van der Waals surface area (Å²) in [7, 11) is 0. The van der Waals surface area contributed by atoms with Crippen LogP contribution in [0, 0.1) is 0 Å². The molecule has 2 N–H and O–H groups in total. The maximum Gasteiger partial charge on any atom is 0.319 e. The molecule has 2 aromatic carbocycles. The van der Waals surface area contributed by atoms with Crippen LogP contribution >= 0.6 is 34.9 Å². The maximum atomic E-state index is 12.1. The minimum absolute atomic E-state index is 0.174. The molecule has 0 saturated carbocycles. The van der Waals surface area contributed by atoms with Crippen LogP contribution in [-0.2, 0) is 6.42 Å². The molecule has 1 saturated heterocycles. The van der Waals surface area contributed by atoms with Crippen molar-refractivity contribution in [3.63, 3.8) is 0 Å². The number of hydrogen-bond acceptors (Lipinski definition) is 7. The normalized spacial score (nSPS) is 14.3. The Morgan fingerprint density at radius 1 is 1.09 bits per heavy atom. The predicted octanol–water partition coefficient (Wildman–Crippen LogP) is 4.45. The minimum Gasteiger partial charge on any atom is -0.344 e. The van der Waals surface area contributed by atoms with Crippen LogP contribution in [0.2, 0.25) is 5.02 Å². The lowest BCUT2D eigenvalue weighted by Gasteiger charge is -2.34. The third-order valence-corrected chi connectivity index (χ3v) is 7.25. The number of rotatable bonds is 8. The second-order valence-electron chi connectivity index (χ2n) is 7.73. The maximum absolute atomic E-state index is 12.1. The lowest BCUT2D eigenvalue weighted by molar-refractivity contribution is 0.240. The van der Waals surface area contributed by atoms with E-state index in [9.17, 15) is 4.79 Å². The smallest absolute Gasteiger partial charge is 0.319 e. The Morgan fingerprint density at radius 2 is 1.82 bits per heavy atom. The fourth-order valence-electron chi connectivity index (χ4n) is 3.57. The molecule has 4 rings (SSSR count). The molecule has 2 heterocycles. The molecule has 0 bridgehead atoms. The number of carbonyl (C=O) groups excluding carboxylic acids is 1. The summed E-state index contributed by atoms with van der Waals surface area (Å²) in [6.45, 7) is 5.12. The first-order valence-electron chi connectivity index (χ1n) is 10.8. The highest BCUT2D eigenvalue weighted by Gasteiger charge is 2.20. The number of halogens is 1. The van der Waals surface area contributed by atoms with E-state index in [1.54, 1.807) is 11.8 Å². The number of nitrogens with zero attached hydrogens (tertiary/aromatic N) is 4. The van der Waals surface area contributed by atoms with E-state index in [0.29, 0.717) is 13.0 Å². The Morgan fingerprint density at radius 3 is 2.52 bits per heavy atom. The van der Waals surface area contributed by atoms with Crippen molar-refractivity contribution in [2.45, 2.75) is 11.3 Å². The Balaban J connectivity index is 1.16. The summed E-state index contributed by atoms with van der Waals surface area (Å²) in [5.74, 6) is 0.845. The van der Waals surface area contributed by atoms with Crippen molar-refractivity contribution in [2.75, 3.05) is 55.7 Å². The van der Waals surface area contributed by atoms with Gasteiger partial charge in [-0.1, -0.05) is 23.7 Å². The molecule has 0 aliphatic carbocycles. The molecule has 1 fully saturated rings. The number of aromatic nitrogens is 2. The van der Waals surface area contributed by atoms with Crippen LogP contribution in [-0.4, -0.2) is 65.8 Å². The number of hydrogen-bond donors (Lipinski definition) is 2. The van der Waals surface area contributed by atoms with Gasteiger partial charge >= 0.3 is 6.03 Å². The summed E-state index contributed by atoms with van der Waals surface area (Å²) in [6, 6.07) is 15.5. The van der Waals surface area contributed by atoms with Crippen LogP contribution in [0.5, 0.6) is 0 Å². The predicted molar refractivity (Wildman–Crippen MR) is 138 cm³/mol. The van der Waals surface area contributed by atoms with Crippen LogP contribution in [0.1, 0.15) is 11.4 Å². The van der Waals surface area contributed by atoms with Crippen molar-refractivity contribution in [3.8, 4) is 0 Å². The zero-order chi connectivity index (χ0) is 23.0. The van der Waals surface area contributed by atoms with Crippen molar-refractivity contribution < 1.29 is 4.79 Å². The fraction of sp³-hybridized carbons (Fsp3) is 0.348. The SMILES string of the molecule is CSc1ccc(NC(=O)NCCN2CCN(c3nc(Cc4ccc(Cl)cc4)ns3)CC2)cc1. The zero-order valence-corrected chi connectivity index (χ0v) is 20.8. The van der Waals surface area contributed by atoms with Crippen molar-refractivity contribution in [1.82, 2.24) is 19.6 Å². The quantitative estimate of drug-likeness (QED) is 0.443. The Bertz CT molecular complexity index is 1040. The van der Waals surface area contributed by atoms with Crippen LogP contribution in [0.25, 0.3) is 0 Å². The molecule has 10 heteroatoms. The van der Waals surface area contributed by atoms with Gasteiger partial charge in [0.2, 0.25) is 5.13 Å². The molecular weight excluding hydrogens is 476 g/mol. The van der Waals surface area contributed by atoms with Crippen molar-refractivity contribution in [3.05, 3.63) is 64.9 Å². The van der Waals surface area contributed by atoms with Gasteiger partial charge in [-0.05, 0) is 48.2 Å². The second kappa shape index (κ2) is 11.7. The minimum atomic E-state index is -0.174. The topological polar surface area (TPSA) is 73.4 Å². The van der Waals surface area contributed by atoms with E-state index < -0.39 is 0 Å². The van der Waals surface area contributed by atoms with Crippen molar-refractivity contribution in [1.29, 1.82) is 0 Å². The van der Waals surface area contributed by atoms with Gasteiger partial charge in [0.1, 0.15) is 5.82 Å². The average molecular weight is 503 g/mol. The summed E-state index contributed by atoms with van der Waals surface area (Å²) in [6.07, 6.45) is 2.74. The number of anilines is 2. The number of benzene rings is 2. The molecule has 3 aromatic rings. The fourth-order valence-corrected chi connectivity index (χ4v) is 4.84. The first-order chi connectivity index (χ1) is 16.1. The zero-order valence-electron chi connectivity index (χ0n) is 18.5. The molecule has 0 spiro atoms. The van der Waals surface area contributed by atoms with E-state index in [1.165, 1.54) is 16.4 Å². The van der Waals surface area contributed by atoms with E-state index in [0.717, 1.165) is 60.0 Å². The van der Waals surface area contributed by atoms with Gasteiger partial charge in [0, 0.05) is 72.8 Å². The number of piperazine rings is 1. The van der Waals surface area contributed by atoms with E-state index >= 15 is 0 Å². The van der Waals surface area contributed by atoms with Crippen molar-refractivity contribution in [2.24, 2.45) is 0 Å². The molecule has 0 radical (unpaired) electrons. The van der Waals surface area contributed by atoms with E-state index in [2.05, 4.69) is 24.8 Å². The third-order valence-electron chi connectivity index (χ3n) is 5.44. The first kappa shape index (κ1) is 23.8. The van der Waals surface area contributed by atoms with Gasteiger partial charge in [0.05, 0.1) is 0 Å². The highest BCUT2D eigenvalue weighted by Crippen LogP contribution is 2.21. The first-order valence-corrected chi connectivity index (χ1v) is 13.2. The standard InChI is InChI=1S/C23H27ClN6OS2/c1-32-20-8-6-19(7-9-20)26-22(31)25-10-11-29-12-14-30(15-13-29)23-27-21(28-33-23)16-17-2-4-18(24)5-3-17/h2-9H,10-16H2,1H3,(H2,25,26,31). The van der Waals surface area contributed by atoms with Crippen LogP contribution in [0.4, 0.5) is 15.6 Å². The number of urea groups is 1. The molecule has 0 atom stereocenters. The van der Waals surface area contributed by atoms with Gasteiger partial charge in [-0.15, -0.1) is 11.8 Å². The lowest BCUT2D eigenvalue weighted by atomic mass is 10.1. The van der Waals surface area contributed by atoms with Gasteiger partial charge in [-0.3, -0.25) is 4.90 Å². The Hall–Kier alpha value is -2.33. The van der Waals surface area contributed by atoms with Gasteiger partial charge < -0.3 is 15.5 Å². The number of thioether (sulfide) groups is 1. The summed E-state index contributed by atoms with van der Waals surface area (Å²) >= 11 is 9.09. The third kappa shape index (κ3) is 7.07. The molecule has 1 aromatic heterocycles. The van der Waals surface area contributed by atoms with Gasteiger partial charge in [0.15, 0.2) is 0 Å². The van der Waals surface area contributed by atoms with E-state index in [-0.39, 0.29) is 6.03 Å². The second-order valence-corrected chi connectivity index (χ2v) is 9.78. The molecule has 1 aliphatic heterocycles. The Kier molecular flexibility index (Phi) is 8.44. The largest absolute Gasteiger partial charge is 0.344 e. The van der Waals surface area contributed by atoms with Gasteiger partial charge in [0.25, 0.3) is 0 Å². The Labute approximate surface area is 207 Å². The lowest BCUT2D eigenvalue weighted by Crippen LogP contribution is -2.48. The molecule has 7 nitrogen and oxygen atoms in total. The summed E-state index contributed by atoms with van der Waals surface area (Å²) in [5, 5.41) is 7.53. The number of carbonyl (C=O) groups is 1. The van der Waals surface area contributed by atoms with E-state index in [1.807, 2.05) is 54.8 Å². The molecule has 1 aliphatic rings.